The number of nitrogens with zero attached hydrogens (tertiary/aromatic N) is 3. The summed E-state index contributed by atoms with van der Waals surface area (Å²) in [6, 6.07) is 18.5. The molecule has 1 atom stereocenters. The second-order valence-electron chi connectivity index (χ2n) is 8.33. The van der Waals surface area contributed by atoms with Crippen molar-refractivity contribution in [2.75, 3.05) is 19.0 Å². The molecule has 0 radical (unpaired) electrons. The van der Waals surface area contributed by atoms with Gasteiger partial charge in [-0.1, -0.05) is 54.1 Å². The first-order chi connectivity index (χ1) is 18.5. The Morgan fingerprint density at radius 1 is 1.11 bits per heavy atom. The lowest BCUT2D eigenvalue weighted by Gasteiger charge is -2.30. The molecule has 0 saturated carbocycles. The van der Waals surface area contributed by atoms with E-state index in [9.17, 15) is 9.18 Å². The minimum absolute atomic E-state index is 0.0894. The third-order valence-corrected chi connectivity index (χ3v) is 6.45. The van der Waals surface area contributed by atoms with E-state index in [0.717, 1.165) is 5.56 Å². The number of rotatable bonds is 8. The fourth-order valence-electron chi connectivity index (χ4n) is 4.32. The van der Waals surface area contributed by atoms with Gasteiger partial charge in [0.25, 0.3) is 0 Å². The highest BCUT2D eigenvalue weighted by Crippen LogP contribution is 2.41. The third kappa shape index (κ3) is 4.80. The molecule has 194 valence electrons. The van der Waals surface area contributed by atoms with Crippen LogP contribution in [0.15, 0.2) is 78.6 Å². The van der Waals surface area contributed by atoms with Crippen molar-refractivity contribution in [3.05, 3.63) is 106 Å². The number of hydrogen-bond donors (Lipinski definition) is 1. The molecule has 1 N–H and O–H groups in total. The van der Waals surface area contributed by atoms with Crippen molar-refractivity contribution in [1.82, 2.24) is 14.8 Å². The van der Waals surface area contributed by atoms with Gasteiger partial charge in [0.05, 0.1) is 30.0 Å². The molecule has 1 aliphatic heterocycles. The molecule has 2 heterocycles. The first-order valence-corrected chi connectivity index (χ1v) is 12.3. The van der Waals surface area contributed by atoms with E-state index in [1.807, 2.05) is 30.3 Å². The average Bonchev–Trinajstić information content (AvgIpc) is 3.41. The molecule has 0 bridgehead atoms. The number of halogens is 2. The predicted octanol–water partition coefficient (Wildman–Crippen LogP) is 5.65. The smallest absolute Gasteiger partial charge is 0.338 e. The SMILES string of the molecule is CCOC(=O)C1=C(c2ccccc2)Nc2ncnn2C1c1ccc(OCc2c(F)cccc2Cl)c(OC)c1. The molecule has 3 aromatic carbocycles. The van der Waals surface area contributed by atoms with Crippen LogP contribution in [-0.4, -0.2) is 34.5 Å². The summed E-state index contributed by atoms with van der Waals surface area (Å²) in [5.41, 5.74) is 2.66. The van der Waals surface area contributed by atoms with Crippen LogP contribution in [-0.2, 0) is 16.1 Å². The van der Waals surface area contributed by atoms with E-state index < -0.39 is 17.8 Å². The van der Waals surface area contributed by atoms with Crippen LogP contribution in [0.2, 0.25) is 5.02 Å². The second kappa shape index (κ2) is 10.9. The van der Waals surface area contributed by atoms with Gasteiger partial charge in [0.1, 0.15) is 24.8 Å². The number of ether oxygens (including phenoxy) is 3. The third-order valence-electron chi connectivity index (χ3n) is 6.09. The highest BCUT2D eigenvalue weighted by atomic mass is 35.5. The number of aromatic nitrogens is 3. The number of fused-ring (bicyclic) bond motifs is 1. The predicted molar refractivity (Wildman–Crippen MR) is 141 cm³/mol. The minimum atomic E-state index is -0.674. The second-order valence-corrected chi connectivity index (χ2v) is 8.74. The molecular weight excluding hydrogens is 511 g/mol. The standard InChI is InChI=1S/C28H24ClFN4O4/c1-3-37-27(35)24-25(17-8-5-4-6-9-17)33-28-31-16-32-34(28)26(24)18-12-13-22(23(14-18)36-2)38-15-19-20(29)10-7-11-21(19)30/h4-14,16,26H,3,15H2,1-2H3,(H,31,32,33). The van der Waals surface area contributed by atoms with Crippen molar-refractivity contribution in [2.45, 2.75) is 19.6 Å². The van der Waals surface area contributed by atoms with Crippen LogP contribution in [0.25, 0.3) is 5.70 Å². The number of hydrogen-bond acceptors (Lipinski definition) is 7. The van der Waals surface area contributed by atoms with Crippen LogP contribution in [0.1, 0.15) is 29.7 Å². The Bertz CT molecular complexity index is 1490. The van der Waals surface area contributed by atoms with Gasteiger partial charge in [-0.2, -0.15) is 10.1 Å². The molecule has 38 heavy (non-hydrogen) atoms. The molecule has 0 fully saturated rings. The van der Waals surface area contributed by atoms with Gasteiger partial charge in [0.15, 0.2) is 11.5 Å². The van der Waals surface area contributed by atoms with Crippen LogP contribution in [0.5, 0.6) is 11.5 Å². The van der Waals surface area contributed by atoms with Crippen molar-refractivity contribution in [3.8, 4) is 11.5 Å². The molecule has 5 rings (SSSR count). The zero-order valence-electron chi connectivity index (χ0n) is 20.7. The molecule has 0 spiro atoms. The van der Waals surface area contributed by atoms with E-state index in [0.29, 0.717) is 34.3 Å². The Morgan fingerprint density at radius 3 is 2.66 bits per heavy atom. The normalized spacial score (nSPS) is 14.5. The molecule has 0 amide bonds. The summed E-state index contributed by atoms with van der Waals surface area (Å²) in [6.07, 6.45) is 1.42. The Morgan fingerprint density at radius 2 is 1.92 bits per heavy atom. The van der Waals surface area contributed by atoms with Gasteiger partial charge >= 0.3 is 5.97 Å². The zero-order chi connectivity index (χ0) is 26.6. The average molecular weight is 535 g/mol. The van der Waals surface area contributed by atoms with E-state index in [4.69, 9.17) is 25.8 Å². The number of nitrogens with one attached hydrogen (secondary N) is 1. The highest BCUT2D eigenvalue weighted by molar-refractivity contribution is 6.31. The van der Waals surface area contributed by atoms with Crippen LogP contribution in [0, 0.1) is 5.82 Å². The summed E-state index contributed by atoms with van der Waals surface area (Å²) in [7, 11) is 1.50. The van der Waals surface area contributed by atoms with Crippen LogP contribution >= 0.6 is 11.6 Å². The maximum atomic E-state index is 14.2. The Balaban J connectivity index is 1.58. The topological polar surface area (TPSA) is 87.5 Å². The summed E-state index contributed by atoms with van der Waals surface area (Å²) < 4.78 is 32.8. The number of benzene rings is 3. The fraction of sp³-hybridized carbons (Fsp3) is 0.179. The van der Waals surface area contributed by atoms with Gasteiger partial charge < -0.3 is 19.5 Å². The Hall–Kier alpha value is -4.37. The molecule has 0 aliphatic carbocycles. The van der Waals surface area contributed by atoms with Gasteiger partial charge in [-0.05, 0) is 42.3 Å². The summed E-state index contributed by atoms with van der Waals surface area (Å²) in [5, 5.41) is 7.89. The zero-order valence-corrected chi connectivity index (χ0v) is 21.4. The highest BCUT2D eigenvalue weighted by Gasteiger charge is 2.36. The molecule has 1 aliphatic rings. The van der Waals surface area contributed by atoms with Crippen molar-refractivity contribution in [2.24, 2.45) is 0 Å². The van der Waals surface area contributed by atoms with E-state index >= 15 is 0 Å². The largest absolute Gasteiger partial charge is 0.493 e. The Kier molecular flexibility index (Phi) is 7.28. The van der Waals surface area contributed by atoms with Gasteiger partial charge in [-0.3, -0.25) is 0 Å². The van der Waals surface area contributed by atoms with Gasteiger partial charge in [0, 0.05) is 5.56 Å². The van der Waals surface area contributed by atoms with Gasteiger partial charge in [0.2, 0.25) is 5.95 Å². The number of esters is 1. The summed E-state index contributed by atoms with van der Waals surface area (Å²) in [4.78, 5) is 17.7. The van der Waals surface area contributed by atoms with Crippen LogP contribution in [0.3, 0.4) is 0 Å². The van der Waals surface area contributed by atoms with Crippen LogP contribution < -0.4 is 14.8 Å². The molecule has 0 saturated heterocycles. The molecule has 8 nitrogen and oxygen atoms in total. The van der Waals surface area contributed by atoms with E-state index in [2.05, 4.69) is 15.4 Å². The lowest BCUT2D eigenvalue weighted by molar-refractivity contribution is -0.138. The number of carbonyl (C=O) groups excluding carboxylic acids is 1. The quantitative estimate of drug-likeness (QED) is 0.292. The van der Waals surface area contributed by atoms with E-state index in [-0.39, 0.29) is 23.8 Å². The number of anilines is 1. The van der Waals surface area contributed by atoms with Crippen molar-refractivity contribution >= 4 is 29.2 Å². The van der Waals surface area contributed by atoms with Crippen LogP contribution in [0.4, 0.5) is 10.3 Å². The summed E-state index contributed by atoms with van der Waals surface area (Å²) in [5.74, 6) is 0.293. The lowest BCUT2D eigenvalue weighted by Crippen LogP contribution is -2.30. The van der Waals surface area contributed by atoms with E-state index in [1.54, 1.807) is 35.9 Å². The molecule has 4 aromatic rings. The maximum absolute atomic E-state index is 14.2. The van der Waals surface area contributed by atoms with Gasteiger partial charge in [-0.15, -0.1) is 0 Å². The molecule has 1 unspecified atom stereocenters. The van der Waals surface area contributed by atoms with Crippen molar-refractivity contribution in [3.63, 3.8) is 0 Å². The Labute approximate surface area is 223 Å². The molecular formula is C28H24ClFN4O4. The first-order valence-electron chi connectivity index (χ1n) is 11.9. The summed E-state index contributed by atoms with van der Waals surface area (Å²) >= 11 is 6.15. The maximum Gasteiger partial charge on any atom is 0.338 e. The lowest BCUT2D eigenvalue weighted by atomic mass is 9.92. The number of methoxy groups -OCH3 is 1. The fourth-order valence-corrected chi connectivity index (χ4v) is 4.54. The summed E-state index contributed by atoms with van der Waals surface area (Å²) in [6.45, 7) is 1.87. The first kappa shape index (κ1) is 25.3. The van der Waals surface area contributed by atoms with Crippen molar-refractivity contribution in [1.29, 1.82) is 0 Å². The number of carbonyl (C=O) groups is 1. The van der Waals surface area contributed by atoms with Gasteiger partial charge in [-0.25, -0.2) is 13.9 Å². The monoisotopic (exact) mass is 534 g/mol. The van der Waals surface area contributed by atoms with E-state index in [1.165, 1.54) is 25.6 Å². The molecule has 1 aromatic heterocycles. The molecule has 10 heteroatoms. The minimum Gasteiger partial charge on any atom is -0.493 e. The van der Waals surface area contributed by atoms with Crippen molar-refractivity contribution < 1.29 is 23.4 Å².